The molecule has 0 unspecified atom stereocenters. The van der Waals surface area contributed by atoms with Gasteiger partial charge in [-0.15, -0.1) is 0 Å². The molecular weight excluding hydrogens is 243 g/mol. The molecule has 0 spiro atoms. The molecule has 0 saturated heterocycles. The predicted octanol–water partition coefficient (Wildman–Crippen LogP) is 4.01. The Morgan fingerprint density at radius 1 is 0.895 bits per heavy atom. The van der Waals surface area contributed by atoms with Crippen LogP contribution in [0.3, 0.4) is 0 Å². The molecule has 0 amide bonds. The summed E-state index contributed by atoms with van der Waals surface area (Å²) in [5, 5.41) is 0. The Bertz CT molecular complexity index is 574. The summed E-state index contributed by atoms with van der Waals surface area (Å²) in [6, 6.07) is 11.9. The van der Waals surface area contributed by atoms with Crippen molar-refractivity contribution in [1.29, 1.82) is 0 Å². The molecular formula is C16H15FO2. The lowest BCUT2D eigenvalue weighted by molar-refractivity contribution is 0.402. The van der Waals surface area contributed by atoms with Crippen molar-refractivity contribution in [2.24, 2.45) is 0 Å². The highest BCUT2D eigenvalue weighted by molar-refractivity contribution is 5.73. The standard InChI is InChI=1S/C16H15FO2/c1-18-15-9-10-16(19-2)13(11-15)6-3-12-4-7-14(17)8-5-12/h3-11H,1-2H3. The minimum Gasteiger partial charge on any atom is -0.497 e. The molecule has 0 heterocycles. The maximum atomic E-state index is 12.8. The maximum absolute atomic E-state index is 12.8. The highest BCUT2D eigenvalue weighted by Crippen LogP contribution is 2.25. The lowest BCUT2D eigenvalue weighted by Crippen LogP contribution is -1.89. The molecule has 2 rings (SSSR count). The van der Waals surface area contributed by atoms with Crippen molar-refractivity contribution in [3.05, 3.63) is 59.4 Å². The largest absolute Gasteiger partial charge is 0.497 e. The minimum atomic E-state index is -0.240. The zero-order valence-electron chi connectivity index (χ0n) is 10.9. The molecule has 0 saturated carbocycles. The van der Waals surface area contributed by atoms with E-state index >= 15 is 0 Å². The van der Waals surface area contributed by atoms with Gasteiger partial charge in [0.05, 0.1) is 14.2 Å². The van der Waals surface area contributed by atoms with Gasteiger partial charge in [0.15, 0.2) is 0 Å². The monoisotopic (exact) mass is 258 g/mol. The van der Waals surface area contributed by atoms with E-state index in [1.54, 1.807) is 26.4 Å². The fourth-order valence-corrected chi connectivity index (χ4v) is 1.73. The first-order chi connectivity index (χ1) is 9.22. The smallest absolute Gasteiger partial charge is 0.126 e. The molecule has 2 nitrogen and oxygen atoms in total. The third-order valence-electron chi connectivity index (χ3n) is 2.76. The highest BCUT2D eigenvalue weighted by Gasteiger charge is 2.01. The molecule has 0 bridgehead atoms. The van der Waals surface area contributed by atoms with Crippen LogP contribution >= 0.6 is 0 Å². The average Bonchev–Trinajstić information content (AvgIpc) is 2.46. The summed E-state index contributed by atoms with van der Waals surface area (Å²) >= 11 is 0. The van der Waals surface area contributed by atoms with Crippen LogP contribution in [0.2, 0.25) is 0 Å². The Morgan fingerprint density at radius 3 is 2.26 bits per heavy atom. The first-order valence-corrected chi connectivity index (χ1v) is 5.88. The van der Waals surface area contributed by atoms with Gasteiger partial charge in [0.2, 0.25) is 0 Å². The van der Waals surface area contributed by atoms with Crippen LogP contribution in [-0.2, 0) is 0 Å². The molecule has 0 aromatic heterocycles. The maximum Gasteiger partial charge on any atom is 0.126 e. The molecule has 0 radical (unpaired) electrons. The van der Waals surface area contributed by atoms with Crippen molar-refractivity contribution < 1.29 is 13.9 Å². The van der Waals surface area contributed by atoms with Crippen LogP contribution < -0.4 is 9.47 Å². The number of hydrogen-bond donors (Lipinski definition) is 0. The second kappa shape index (κ2) is 6.05. The quantitative estimate of drug-likeness (QED) is 0.771. The van der Waals surface area contributed by atoms with E-state index in [1.807, 2.05) is 30.4 Å². The van der Waals surface area contributed by atoms with E-state index in [4.69, 9.17) is 9.47 Å². The minimum absolute atomic E-state index is 0.240. The average molecular weight is 258 g/mol. The molecule has 0 aliphatic rings. The van der Waals surface area contributed by atoms with Gasteiger partial charge in [-0.1, -0.05) is 24.3 Å². The fourth-order valence-electron chi connectivity index (χ4n) is 1.73. The van der Waals surface area contributed by atoms with E-state index in [0.29, 0.717) is 0 Å². The van der Waals surface area contributed by atoms with E-state index in [1.165, 1.54) is 12.1 Å². The SMILES string of the molecule is COc1ccc(OC)c(C=Cc2ccc(F)cc2)c1. The molecule has 3 heteroatoms. The van der Waals surface area contributed by atoms with Crippen molar-refractivity contribution in [2.75, 3.05) is 14.2 Å². The third kappa shape index (κ3) is 3.35. The topological polar surface area (TPSA) is 18.5 Å². The number of rotatable bonds is 4. The van der Waals surface area contributed by atoms with Gasteiger partial charge in [-0.3, -0.25) is 0 Å². The van der Waals surface area contributed by atoms with Gasteiger partial charge in [-0.25, -0.2) is 4.39 Å². The Morgan fingerprint density at radius 2 is 1.63 bits per heavy atom. The van der Waals surface area contributed by atoms with E-state index in [0.717, 1.165) is 22.6 Å². The van der Waals surface area contributed by atoms with Crippen molar-refractivity contribution in [2.45, 2.75) is 0 Å². The second-order valence-electron chi connectivity index (χ2n) is 3.99. The predicted molar refractivity (Wildman–Crippen MR) is 74.9 cm³/mol. The fraction of sp³-hybridized carbons (Fsp3) is 0.125. The Hall–Kier alpha value is -2.29. The summed E-state index contributed by atoms with van der Waals surface area (Å²) in [6.45, 7) is 0. The van der Waals surface area contributed by atoms with E-state index in [2.05, 4.69) is 0 Å². The molecule has 0 aliphatic heterocycles. The molecule has 0 fully saturated rings. The summed E-state index contributed by atoms with van der Waals surface area (Å²) in [6.07, 6.45) is 3.81. The zero-order chi connectivity index (χ0) is 13.7. The Labute approximate surface area is 112 Å². The van der Waals surface area contributed by atoms with Gasteiger partial charge in [-0.2, -0.15) is 0 Å². The first kappa shape index (κ1) is 13.1. The molecule has 98 valence electrons. The lowest BCUT2D eigenvalue weighted by Gasteiger charge is -2.07. The van der Waals surface area contributed by atoms with Gasteiger partial charge >= 0.3 is 0 Å². The van der Waals surface area contributed by atoms with Crippen LogP contribution in [0.15, 0.2) is 42.5 Å². The van der Waals surface area contributed by atoms with Crippen LogP contribution in [0.4, 0.5) is 4.39 Å². The molecule has 2 aromatic carbocycles. The van der Waals surface area contributed by atoms with Crippen molar-refractivity contribution in [3.8, 4) is 11.5 Å². The van der Waals surface area contributed by atoms with Crippen LogP contribution in [0, 0.1) is 5.82 Å². The highest BCUT2D eigenvalue weighted by atomic mass is 19.1. The second-order valence-corrected chi connectivity index (χ2v) is 3.99. The third-order valence-corrected chi connectivity index (χ3v) is 2.76. The van der Waals surface area contributed by atoms with Gasteiger partial charge in [0.25, 0.3) is 0 Å². The first-order valence-electron chi connectivity index (χ1n) is 5.88. The van der Waals surface area contributed by atoms with Crippen molar-refractivity contribution >= 4 is 12.2 Å². The zero-order valence-corrected chi connectivity index (χ0v) is 10.9. The van der Waals surface area contributed by atoms with Crippen molar-refractivity contribution in [3.63, 3.8) is 0 Å². The lowest BCUT2D eigenvalue weighted by atomic mass is 10.1. The molecule has 0 aliphatic carbocycles. The van der Waals surface area contributed by atoms with Gasteiger partial charge < -0.3 is 9.47 Å². The number of benzene rings is 2. The van der Waals surface area contributed by atoms with E-state index in [9.17, 15) is 4.39 Å². The summed E-state index contributed by atoms with van der Waals surface area (Å²) in [5.74, 6) is 1.29. The van der Waals surface area contributed by atoms with Crippen LogP contribution in [0.1, 0.15) is 11.1 Å². The normalized spacial score (nSPS) is 10.7. The van der Waals surface area contributed by atoms with Gasteiger partial charge in [0.1, 0.15) is 17.3 Å². The number of halogens is 1. The molecule has 0 atom stereocenters. The summed E-state index contributed by atoms with van der Waals surface area (Å²) < 4.78 is 23.3. The summed E-state index contributed by atoms with van der Waals surface area (Å²) in [5.41, 5.74) is 1.83. The van der Waals surface area contributed by atoms with Crippen molar-refractivity contribution in [1.82, 2.24) is 0 Å². The Kier molecular flexibility index (Phi) is 4.18. The summed E-state index contributed by atoms with van der Waals surface area (Å²) in [4.78, 5) is 0. The molecule has 2 aromatic rings. The van der Waals surface area contributed by atoms with Crippen LogP contribution in [0.5, 0.6) is 11.5 Å². The molecule has 19 heavy (non-hydrogen) atoms. The van der Waals surface area contributed by atoms with Crippen LogP contribution in [-0.4, -0.2) is 14.2 Å². The number of methoxy groups -OCH3 is 2. The van der Waals surface area contributed by atoms with E-state index in [-0.39, 0.29) is 5.82 Å². The summed E-state index contributed by atoms with van der Waals surface area (Å²) in [7, 11) is 3.24. The van der Waals surface area contributed by atoms with Crippen LogP contribution in [0.25, 0.3) is 12.2 Å². The van der Waals surface area contributed by atoms with Gasteiger partial charge in [-0.05, 0) is 35.9 Å². The Balaban J connectivity index is 2.28. The molecule has 0 N–H and O–H groups in total. The number of hydrogen-bond acceptors (Lipinski definition) is 2. The van der Waals surface area contributed by atoms with Gasteiger partial charge in [0, 0.05) is 5.56 Å². The number of ether oxygens (including phenoxy) is 2. The van der Waals surface area contributed by atoms with E-state index < -0.39 is 0 Å².